The molecule has 0 aromatic heterocycles. The Labute approximate surface area is 166 Å². The van der Waals surface area contributed by atoms with E-state index in [0.29, 0.717) is 41.5 Å². The number of carbonyl (C=O) groups is 1. The highest BCUT2D eigenvalue weighted by Gasteiger charge is 2.08. The number of methoxy groups -OCH3 is 4. The van der Waals surface area contributed by atoms with Crippen LogP contribution >= 0.6 is 0 Å². The molecular formula is C22H27NO5. The van der Waals surface area contributed by atoms with Crippen molar-refractivity contribution in [3.05, 3.63) is 53.1 Å². The van der Waals surface area contributed by atoms with Gasteiger partial charge in [0, 0.05) is 12.1 Å². The first-order valence-electron chi connectivity index (χ1n) is 8.91. The molecule has 0 aliphatic rings. The predicted molar refractivity (Wildman–Crippen MR) is 109 cm³/mol. The summed E-state index contributed by atoms with van der Waals surface area (Å²) in [7, 11) is 6.38. The van der Waals surface area contributed by atoms with Gasteiger partial charge in [0.15, 0.2) is 23.0 Å². The van der Waals surface area contributed by atoms with E-state index in [1.54, 1.807) is 35.4 Å². The Morgan fingerprint density at radius 3 is 2.04 bits per heavy atom. The number of nitrogens with one attached hydrogen (secondary N) is 1. The molecular weight excluding hydrogens is 358 g/mol. The molecule has 0 atom stereocenters. The van der Waals surface area contributed by atoms with Crippen molar-refractivity contribution in [3.63, 3.8) is 0 Å². The van der Waals surface area contributed by atoms with Gasteiger partial charge in [0.25, 0.3) is 0 Å². The molecule has 2 rings (SSSR count). The highest BCUT2D eigenvalue weighted by atomic mass is 16.5. The van der Waals surface area contributed by atoms with Crippen molar-refractivity contribution < 1.29 is 23.7 Å². The van der Waals surface area contributed by atoms with Gasteiger partial charge in [0.2, 0.25) is 5.91 Å². The minimum absolute atomic E-state index is 0.115. The molecule has 1 amide bonds. The van der Waals surface area contributed by atoms with Crippen LogP contribution in [0.3, 0.4) is 0 Å². The first-order chi connectivity index (χ1) is 13.5. The molecule has 0 aliphatic heterocycles. The number of carbonyl (C=O) groups excluding carboxylic acids is 1. The van der Waals surface area contributed by atoms with Crippen molar-refractivity contribution in [3.8, 4) is 23.0 Å². The van der Waals surface area contributed by atoms with Crippen molar-refractivity contribution in [2.24, 2.45) is 0 Å². The van der Waals surface area contributed by atoms with Crippen LogP contribution in [0.15, 0.2) is 42.0 Å². The zero-order valence-electron chi connectivity index (χ0n) is 17.0. The molecule has 0 saturated heterocycles. The SMILES string of the molecule is COc1ccc(/C=C(\C)C(=O)NCCc2ccc(OC)c(OC)c2)cc1OC. The molecule has 0 fully saturated rings. The Morgan fingerprint density at radius 1 is 0.857 bits per heavy atom. The number of rotatable bonds is 9. The lowest BCUT2D eigenvalue weighted by Crippen LogP contribution is -2.26. The van der Waals surface area contributed by atoms with Crippen LogP contribution in [0.25, 0.3) is 6.08 Å². The van der Waals surface area contributed by atoms with Crippen LogP contribution < -0.4 is 24.3 Å². The topological polar surface area (TPSA) is 66.0 Å². The maximum atomic E-state index is 12.4. The average molecular weight is 385 g/mol. The molecule has 6 heteroatoms. The molecule has 0 saturated carbocycles. The second-order valence-corrected chi connectivity index (χ2v) is 6.14. The third kappa shape index (κ3) is 5.42. The van der Waals surface area contributed by atoms with Gasteiger partial charge in [0.05, 0.1) is 28.4 Å². The largest absolute Gasteiger partial charge is 0.493 e. The molecule has 0 radical (unpaired) electrons. The summed E-state index contributed by atoms with van der Waals surface area (Å²) in [5.41, 5.74) is 2.53. The molecule has 0 bridgehead atoms. The van der Waals surface area contributed by atoms with E-state index in [2.05, 4.69) is 5.32 Å². The van der Waals surface area contributed by atoms with Crippen LogP contribution in [0.5, 0.6) is 23.0 Å². The lowest BCUT2D eigenvalue weighted by molar-refractivity contribution is -0.117. The zero-order valence-corrected chi connectivity index (χ0v) is 17.0. The Morgan fingerprint density at radius 2 is 1.43 bits per heavy atom. The lowest BCUT2D eigenvalue weighted by atomic mass is 10.1. The fourth-order valence-electron chi connectivity index (χ4n) is 2.75. The van der Waals surface area contributed by atoms with Crippen molar-refractivity contribution in [1.29, 1.82) is 0 Å². The number of ether oxygens (including phenoxy) is 4. The molecule has 0 spiro atoms. The van der Waals surface area contributed by atoms with Crippen LogP contribution in [0, 0.1) is 0 Å². The summed E-state index contributed by atoms with van der Waals surface area (Å²) in [5, 5.41) is 2.93. The van der Waals surface area contributed by atoms with E-state index in [0.717, 1.165) is 11.1 Å². The second-order valence-electron chi connectivity index (χ2n) is 6.14. The Kier molecular flexibility index (Phi) is 7.75. The van der Waals surface area contributed by atoms with E-state index < -0.39 is 0 Å². The summed E-state index contributed by atoms with van der Waals surface area (Å²) in [6.45, 7) is 2.30. The van der Waals surface area contributed by atoms with Crippen LogP contribution in [0.2, 0.25) is 0 Å². The fourth-order valence-corrected chi connectivity index (χ4v) is 2.75. The van der Waals surface area contributed by atoms with Gasteiger partial charge in [-0.2, -0.15) is 0 Å². The standard InChI is InChI=1S/C22H27NO5/c1-15(12-17-7-9-19(26-3)21(14-17)28-5)22(24)23-11-10-16-6-8-18(25-2)20(13-16)27-4/h6-9,12-14H,10-11H2,1-5H3,(H,23,24)/b15-12+. The van der Waals surface area contributed by atoms with Crippen molar-refractivity contribution >= 4 is 12.0 Å². The van der Waals surface area contributed by atoms with E-state index in [9.17, 15) is 4.79 Å². The van der Waals surface area contributed by atoms with Gasteiger partial charge in [-0.25, -0.2) is 0 Å². The van der Waals surface area contributed by atoms with Crippen molar-refractivity contribution in [1.82, 2.24) is 5.32 Å². The molecule has 28 heavy (non-hydrogen) atoms. The molecule has 0 aliphatic carbocycles. The van der Waals surface area contributed by atoms with Gasteiger partial charge in [-0.1, -0.05) is 12.1 Å². The van der Waals surface area contributed by atoms with E-state index in [4.69, 9.17) is 18.9 Å². The van der Waals surface area contributed by atoms with Crippen LogP contribution in [-0.2, 0) is 11.2 Å². The predicted octanol–water partition coefficient (Wildman–Crippen LogP) is 3.48. The van der Waals surface area contributed by atoms with Crippen molar-refractivity contribution in [2.75, 3.05) is 35.0 Å². The maximum absolute atomic E-state index is 12.4. The smallest absolute Gasteiger partial charge is 0.246 e. The molecule has 0 heterocycles. The summed E-state index contributed by atoms with van der Waals surface area (Å²) in [6.07, 6.45) is 2.50. The highest BCUT2D eigenvalue weighted by molar-refractivity contribution is 5.97. The van der Waals surface area contributed by atoms with Gasteiger partial charge in [-0.15, -0.1) is 0 Å². The number of hydrogen-bond acceptors (Lipinski definition) is 5. The molecule has 2 aromatic rings. The minimum atomic E-state index is -0.115. The van der Waals surface area contributed by atoms with Gasteiger partial charge >= 0.3 is 0 Å². The fraction of sp³-hybridized carbons (Fsp3) is 0.318. The van der Waals surface area contributed by atoms with Gasteiger partial charge in [-0.3, -0.25) is 4.79 Å². The number of benzene rings is 2. The summed E-state index contributed by atoms with van der Waals surface area (Å²) >= 11 is 0. The molecule has 2 aromatic carbocycles. The summed E-state index contributed by atoms with van der Waals surface area (Å²) < 4.78 is 21.1. The molecule has 6 nitrogen and oxygen atoms in total. The lowest BCUT2D eigenvalue weighted by Gasteiger charge is -2.10. The Hall–Kier alpha value is -3.15. The van der Waals surface area contributed by atoms with Crippen LogP contribution in [0.4, 0.5) is 0 Å². The average Bonchev–Trinajstić information content (AvgIpc) is 2.73. The van der Waals surface area contributed by atoms with E-state index in [1.165, 1.54) is 0 Å². The third-order valence-electron chi connectivity index (χ3n) is 4.30. The molecule has 0 unspecified atom stereocenters. The Bertz CT molecular complexity index is 845. The first kappa shape index (κ1) is 21.2. The second kappa shape index (κ2) is 10.3. The van der Waals surface area contributed by atoms with Crippen LogP contribution in [0.1, 0.15) is 18.1 Å². The summed E-state index contributed by atoms with van der Waals surface area (Å²) in [5.74, 6) is 2.52. The normalized spacial score (nSPS) is 11.0. The van der Waals surface area contributed by atoms with E-state index in [-0.39, 0.29) is 5.91 Å². The van der Waals surface area contributed by atoms with E-state index >= 15 is 0 Å². The molecule has 1 N–H and O–H groups in total. The molecule has 150 valence electrons. The van der Waals surface area contributed by atoms with E-state index in [1.807, 2.05) is 42.5 Å². The van der Waals surface area contributed by atoms with Gasteiger partial charge in [0.1, 0.15) is 0 Å². The van der Waals surface area contributed by atoms with Crippen LogP contribution in [-0.4, -0.2) is 40.9 Å². The number of hydrogen-bond donors (Lipinski definition) is 1. The summed E-state index contributed by atoms with van der Waals surface area (Å²) in [6, 6.07) is 11.3. The first-order valence-corrected chi connectivity index (χ1v) is 8.91. The zero-order chi connectivity index (χ0) is 20.5. The Balaban J connectivity index is 1.96. The van der Waals surface area contributed by atoms with Crippen molar-refractivity contribution in [2.45, 2.75) is 13.3 Å². The maximum Gasteiger partial charge on any atom is 0.246 e. The summed E-state index contributed by atoms with van der Waals surface area (Å²) in [4.78, 5) is 12.4. The quantitative estimate of drug-likeness (QED) is 0.670. The third-order valence-corrected chi connectivity index (χ3v) is 4.30. The monoisotopic (exact) mass is 385 g/mol. The van der Waals surface area contributed by atoms with Gasteiger partial charge in [-0.05, 0) is 54.8 Å². The minimum Gasteiger partial charge on any atom is -0.493 e. The van der Waals surface area contributed by atoms with Gasteiger partial charge < -0.3 is 24.3 Å². The number of amides is 1. The highest BCUT2D eigenvalue weighted by Crippen LogP contribution is 2.29.